The zero-order valence-electron chi connectivity index (χ0n) is 9.39. The summed E-state index contributed by atoms with van der Waals surface area (Å²) in [5.74, 6) is 0. The standard InChI is InChI=1S/C12H19NO.ClH/c1-3-13(4-2)10-12(14)11-8-6-5-7-9-11;/h5-9,12,14H,3-4,10H2,1-2H3;1H. The molecule has 0 heterocycles. The summed E-state index contributed by atoms with van der Waals surface area (Å²) in [6.45, 7) is 6.92. The molecule has 0 fully saturated rings. The molecule has 1 atom stereocenters. The molecule has 86 valence electrons. The van der Waals surface area contributed by atoms with Crippen LogP contribution in [0.3, 0.4) is 0 Å². The Morgan fingerprint density at radius 1 is 1.13 bits per heavy atom. The molecule has 1 unspecified atom stereocenters. The number of aliphatic hydroxyl groups excluding tert-OH is 1. The predicted molar refractivity (Wildman–Crippen MR) is 66.4 cm³/mol. The fourth-order valence-corrected chi connectivity index (χ4v) is 1.51. The fourth-order valence-electron chi connectivity index (χ4n) is 1.51. The van der Waals surface area contributed by atoms with Crippen LogP contribution in [0, 0.1) is 0 Å². The predicted octanol–water partition coefficient (Wildman–Crippen LogP) is 2.48. The molecule has 0 saturated heterocycles. The second-order valence-electron chi connectivity index (χ2n) is 3.41. The summed E-state index contributed by atoms with van der Waals surface area (Å²) < 4.78 is 0. The van der Waals surface area contributed by atoms with Crippen LogP contribution in [-0.4, -0.2) is 29.6 Å². The number of hydrogen-bond acceptors (Lipinski definition) is 2. The topological polar surface area (TPSA) is 23.5 Å². The molecule has 0 aliphatic carbocycles. The highest BCUT2D eigenvalue weighted by Gasteiger charge is 2.09. The summed E-state index contributed by atoms with van der Waals surface area (Å²) in [5, 5.41) is 9.91. The summed E-state index contributed by atoms with van der Waals surface area (Å²) in [4.78, 5) is 2.22. The molecule has 1 aromatic rings. The molecule has 0 bridgehead atoms. The van der Waals surface area contributed by atoms with E-state index in [1.54, 1.807) is 0 Å². The highest BCUT2D eigenvalue weighted by atomic mass is 35.5. The summed E-state index contributed by atoms with van der Waals surface area (Å²) in [7, 11) is 0. The van der Waals surface area contributed by atoms with E-state index in [-0.39, 0.29) is 18.5 Å². The second kappa shape index (κ2) is 7.69. The third-order valence-corrected chi connectivity index (χ3v) is 2.51. The van der Waals surface area contributed by atoms with E-state index in [9.17, 15) is 5.11 Å². The van der Waals surface area contributed by atoms with Gasteiger partial charge in [-0.15, -0.1) is 12.4 Å². The van der Waals surface area contributed by atoms with Gasteiger partial charge < -0.3 is 10.0 Å². The van der Waals surface area contributed by atoms with E-state index >= 15 is 0 Å². The van der Waals surface area contributed by atoms with Crippen molar-refractivity contribution in [3.63, 3.8) is 0 Å². The fraction of sp³-hybridized carbons (Fsp3) is 0.500. The first-order valence-corrected chi connectivity index (χ1v) is 5.23. The third-order valence-electron chi connectivity index (χ3n) is 2.51. The largest absolute Gasteiger partial charge is 0.387 e. The Balaban J connectivity index is 0.00000196. The smallest absolute Gasteiger partial charge is 0.0916 e. The molecule has 0 spiro atoms. The molecule has 0 radical (unpaired) electrons. The van der Waals surface area contributed by atoms with Gasteiger partial charge in [0.2, 0.25) is 0 Å². The van der Waals surface area contributed by atoms with Crippen molar-refractivity contribution in [3.8, 4) is 0 Å². The van der Waals surface area contributed by atoms with Gasteiger partial charge in [-0.3, -0.25) is 0 Å². The lowest BCUT2D eigenvalue weighted by Gasteiger charge is -2.21. The van der Waals surface area contributed by atoms with Crippen molar-refractivity contribution >= 4 is 12.4 Å². The van der Waals surface area contributed by atoms with Gasteiger partial charge in [0, 0.05) is 6.54 Å². The average molecular weight is 230 g/mol. The molecule has 2 nitrogen and oxygen atoms in total. The maximum absolute atomic E-state index is 9.91. The Bertz CT molecular complexity index is 249. The van der Waals surface area contributed by atoms with Crippen LogP contribution in [0.25, 0.3) is 0 Å². The maximum atomic E-state index is 9.91. The van der Waals surface area contributed by atoms with Gasteiger partial charge in [-0.1, -0.05) is 44.2 Å². The molecule has 0 aliphatic heterocycles. The van der Waals surface area contributed by atoms with Crippen LogP contribution in [0.2, 0.25) is 0 Å². The Morgan fingerprint density at radius 3 is 2.13 bits per heavy atom. The van der Waals surface area contributed by atoms with E-state index in [2.05, 4.69) is 18.7 Å². The van der Waals surface area contributed by atoms with Gasteiger partial charge in [-0.05, 0) is 18.7 Å². The van der Waals surface area contributed by atoms with Crippen LogP contribution in [0.4, 0.5) is 0 Å². The molecule has 0 saturated carbocycles. The number of halogens is 1. The number of benzene rings is 1. The number of rotatable bonds is 5. The van der Waals surface area contributed by atoms with E-state index in [4.69, 9.17) is 0 Å². The zero-order valence-corrected chi connectivity index (χ0v) is 10.2. The first kappa shape index (κ1) is 14.4. The molecule has 1 rings (SSSR count). The van der Waals surface area contributed by atoms with Crippen LogP contribution < -0.4 is 0 Å². The van der Waals surface area contributed by atoms with Crippen LogP contribution in [0.1, 0.15) is 25.5 Å². The first-order chi connectivity index (χ1) is 6.77. The Hall–Kier alpha value is -0.570. The van der Waals surface area contributed by atoms with Crippen molar-refractivity contribution in [3.05, 3.63) is 35.9 Å². The van der Waals surface area contributed by atoms with Crippen LogP contribution in [0.5, 0.6) is 0 Å². The monoisotopic (exact) mass is 229 g/mol. The Morgan fingerprint density at radius 2 is 1.67 bits per heavy atom. The molecular weight excluding hydrogens is 210 g/mol. The molecule has 1 N–H and O–H groups in total. The van der Waals surface area contributed by atoms with Gasteiger partial charge in [0.25, 0.3) is 0 Å². The van der Waals surface area contributed by atoms with E-state index < -0.39 is 0 Å². The highest BCUT2D eigenvalue weighted by Crippen LogP contribution is 2.13. The number of likely N-dealkylation sites (N-methyl/N-ethyl adjacent to an activating group) is 1. The molecule has 3 heteroatoms. The van der Waals surface area contributed by atoms with Gasteiger partial charge in [0.1, 0.15) is 0 Å². The van der Waals surface area contributed by atoms with Gasteiger partial charge in [-0.25, -0.2) is 0 Å². The minimum Gasteiger partial charge on any atom is -0.387 e. The molecule has 0 aromatic heterocycles. The lowest BCUT2D eigenvalue weighted by atomic mass is 10.1. The lowest BCUT2D eigenvalue weighted by Crippen LogP contribution is -2.28. The summed E-state index contributed by atoms with van der Waals surface area (Å²) >= 11 is 0. The molecule has 1 aromatic carbocycles. The zero-order chi connectivity index (χ0) is 10.4. The SMILES string of the molecule is CCN(CC)CC(O)c1ccccc1.Cl. The van der Waals surface area contributed by atoms with Crippen LogP contribution >= 0.6 is 12.4 Å². The molecule has 0 aliphatic rings. The van der Waals surface area contributed by atoms with Crippen LogP contribution in [0.15, 0.2) is 30.3 Å². The lowest BCUT2D eigenvalue weighted by molar-refractivity contribution is 0.119. The van der Waals surface area contributed by atoms with E-state index in [0.717, 1.165) is 25.2 Å². The number of aliphatic hydroxyl groups is 1. The number of hydrogen-bond donors (Lipinski definition) is 1. The van der Waals surface area contributed by atoms with Gasteiger partial charge in [-0.2, -0.15) is 0 Å². The molecule has 15 heavy (non-hydrogen) atoms. The van der Waals surface area contributed by atoms with E-state index in [1.807, 2.05) is 30.3 Å². The Kier molecular flexibility index (Phi) is 7.39. The Labute approximate surface area is 98.3 Å². The summed E-state index contributed by atoms with van der Waals surface area (Å²) in [6.07, 6.45) is -0.365. The third kappa shape index (κ3) is 4.65. The summed E-state index contributed by atoms with van der Waals surface area (Å²) in [6, 6.07) is 9.82. The first-order valence-electron chi connectivity index (χ1n) is 5.23. The van der Waals surface area contributed by atoms with Gasteiger partial charge in [0.15, 0.2) is 0 Å². The molecule has 0 amide bonds. The van der Waals surface area contributed by atoms with E-state index in [0.29, 0.717) is 0 Å². The van der Waals surface area contributed by atoms with Crippen LogP contribution in [-0.2, 0) is 0 Å². The minimum atomic E-state index is -0.365. The normalized spacial score (nSPS) is 12.3. The van der Waals surface area contributed by atoms with Crippen molar-refractivity contribution in [2.24, 2.45) is 0 Å². The van der Waals surface area contributed by atoms with Crippen molar-refractivity contribution in [1.29, 1.82) is 0 Å². The molecular formula is C12H20ClNO. The average Bonchev–Trinajstić information content (AvgIpc) is 2.26. The minimum absolute atomic E-state index is 0. The highest BCUT2D eigenvalue weighted by molar-refractivity contribution is 5.85. The van der Waals surface area contributed by atoms with Crippen molar-refractivity contribution in [2.75, 3.05) is 19.6 Å². The van der Waals surface area contributed by atoms with Gasteiger partial charge in [0.05, 0.1) is 6.10 Å². The van der Waals surface area contributed by atoms with Crippen molar-refractivity contribution in [1.82, 2.24) is 4.90 Å². The second-order valence-corrected chi connectivity index (χ2v) is 3.41. The van der Waals surface area contributed by atoms with Crippen molar-refractivity contribution in [2.45, 2.75) is 20.0 Å². The van der Waals surface area contributed by atoms with Crippen molar-refractivity contribution < 1.29 is 5.11 Å². The van der Waals surface area contributed by atoms with Gasteiger partial charge >= 0.3 is 0 Å². The maximum Gasteiger partial charge on any atom is 0.0916 e. The van der Waals surface area contributed by atoms with E-state index in [1.165, 1.54) is 0 Å². The summed E-state index contributed by atoms with van der Waals surface area (Å²) in [5.41, 5.74) is 0.999. The number of nitrogens with zero attached hydrogens (tertiary/aromatic N) is 1. The quantitative estimate of drug-likeness (QED) is 0.839.